The van der Waals surface area contributed by atoms with Gasteiger partial charge in [0, 0.05) is 13.0 Å². The third-order valence-corrected chi connectivity index (χ3v) is 4.19. The Bertz CT molecular complexity index is 622. The normalized spacial score (nSPS) is 18.7. The second kappa shape index (κ2) is 7.30. The van der Waals surface area contributed by atoms with E-state index in [1.54, 1.807) is 6.26 Å². The molecule has 1 saturated heterocycles. The molecule has 3 rings (SSSR count). The first-order valence-electron chi connectivity index (χ1n) is 8.26. The fourth-order valence-electron chi connectivity index (χ4n) is 2.96. The maximum Gasteiger partial charge on any atom is 0.318 e. The number of aromatic amines is 1. The summed E-state index contributed by atoms with van der Waals surface area (Å²) in [4.78, 5) is 18.8. The number of hydrogen-bond acceptors (Lipinski definition) is 4. The number of aryl methyl sites for hydroxylation is 1. The molecule has 1 aliphatic rings. The highest BCUT2D eigenvalue weighted by molar-refractivity contribution is 5.74. The third kappa shape index (κ3) is 3.72. The highest BCUT2D eigenvalue weighted by atomic mass is 16.3. The number of carbonyl (C=O) groups excluding carboxylic acids is 1. The molecule has 0 aromatic carbocycles. The molecule has 2 amide bonds. The summed E-state index contributed by atoms with van der Waals surface area (Å²) in [6.45, 7) is 3.09. The van der Waals surface area contributed by atoms with Gasteiger partial charge in [0.15, 0.2) is 5.82 Å². The summed E-state index contributed by atoms with van der Waals surface area (Å²) < 4.78 is 5.54. The molecule has 0 bridgehead atoms. The van der Waals surface area contributed by atoms with Gasteiger partial charge in [-0.2, -0.15) is 5.10 Å². The van der Waals surface area contributed by atoms with Crippen molar-refractivity contribution in [3.8, 4) is 0 Å². The van der Waals surface area contributed by atoms with E-state index in [0.717, 1.165) is 50.2 Å². The largest absolute Gasteiger partial charge is 0.467 e. The van der Waals surface area contributed by atoms with Crippen molar-refractivity contribution in [3.05, 3.63) is 35.8 Å². The number of carbonyl (C=O) groups is 1. The van der Waals surface area contributed by atoms with E-state index >= 15 is 0 Å². The first-order chi connectivity index (χ1) is 11.3. The van der Waals surface area contributed by atoms with Crippen LogP contribution in [0.15, 0.2) is 22.8 Å². The number of hydrogen-bond donors (Lipinski definition) is 2. The van der Waals surface area contributed by atoms with Crippen molar-refractivity contribution < 1.29 is 9.21 Å². The minimum absolute atomic E-state index is 0.00780. The Kier molecular flexibility index (Phi) is 4.95. The molecule has 3 heterocycles. The van der Waals surface area contributed by atoms with Crippen LogP contribution in [0.2, 0.25) is 0 Å². The Labute approximate surface area is 135 Å². The van der Waals surface area contributed by atoms with E-state index in [2.05, 4.69) is 20.5 Å². The van der Waals surface area contributed by atoms with Crippen LogP contribution in [0.1, 0.15) is 56.1 Å². The van der Waals surface area contributed by atoms with Gasteiger partial charge in [0.1, 0.15) is 11.6 Å². The zero-order valence-corrected chi connectivity index (χ0v) is 13.4. The van der Waals surface area contributed by atoms with E-state index in [-0.39, 0.29) is 12.1 Å². The number of likely N-dealkylation sites (tertiary alicyclic amines) is 1. The lowest BCUT2D eigenvalue weighted by Crippen LogP contribution is -2.42. The summed E-state index contributed by atoms with van der Waals surface area (Å²) in [7, 11) is 0. The van der Waals surface area contributed by atoms with Crippen LogP contribution in [-0.2, 0) is 13.0 Å². The average molecular weight is 317 g/mol. The Hall–Kier alpha value is -2.31. The maximum absolute atomic E-state index is 12.6. The molecule has 0 radical (unpaired) electrons. The number of aromatic nitrogens is 3. The molecule has 1 atom stereocenters. The van der Waals surface area contributed by atoms with Crippen LogP contribution in [0.25, 0.3) is 0 Å². The summed E-state index contributed by atoms with van der Waals surface area (Å²) in [6, 6.07) is 3.74. The first kappa shape index (κ1) is 15.6. The number of amides is 2. The van der Waals surface area contributed by atoms with E-state index in [0.29, 0.717) is 12.4 Å². The zero-order chi connectivity index (χ0) is 16.1. The molecule has 0 saturated carbocycles. The molecule has 7 nitrogen and oxygen atoms in total. The molecule has 0 spiro atoms. The van der Waals surface area contributed by atoms with Crippen LogP contribution in [-0.4, -0.2) is 32.7 Å². The van der Waals surface area contributed by atoms with Crippen LogP contribution in [0, 0.1) is 0 Å². The number of H-pyrrole nitrogens is 1. The molecule has 2 N–H and O–H groups in total. The van der Waals surface area contributed by atoms with Gasteiger partial charge in [-0.1, -0.05) is 19.8 Å². The second-order valence-electron chi connectivity index (χ2n) is 5.78. The van der Waals surface area contributed by atoms with Crippen molar-refractivity contribution in [1.29, 1.82) is 0 Å². The van der Waals surface area contributed by atoms with Gasteiger partial charge in [-0.25, -0.2) is 9.78 Å². The van der Waals surface area contributed by atoms with Gasteiger partial charge in [-0.05, 0) is 25.0 Å². The molecular weight excluding hydrogens is 294 g/mol. The molecule has 1 aliphatic heterocycles. The lowest BCUT2D eigenvalue weighted by atomic mass is 10.1. The Morgan fingerprint density at radius 3 is 3.13 bits per heavy atom. The van der Waals surface area contributed by atoms with E-state index in [9.17, 15) is 4.79 Å². The standard InChI is InChI=1S/C16H23N5O2/c1-2-14-18-15(20-19-14)11-17-16(22)21-9-5-3-4-7-12(21)13-8-6-10-23-13/h6,8,10,12H,2-5,7,9,11H2,1H3,(H,17,22)(H,18,19,20). The number of furan rings is 1. The van der Waals surface area contributed by atoms with Crippen molar-refractivity contribution in [1.82, 2.24) is 25.4 Å². The fourth-order valence-corrected chi connectivity index (χ4v) is 2.96. The Morgan fingerprint density at radius 2 is 2.39 bits per heavy atom. The minimum Gasteiger partial charge on any atom is -0.467 e. The van der Waals surface area contributed by atoms with Crippen LogP contribution >= 0.6 is 0 Å². The fraction of sp³-hybridized carbons (Fsp3) is 0.562. The van der Waals surface area contributed by atoms with Crippen LogP contribution in [0.5, 0.6) is 0 Å². The maximum atomic E-state index is 12.6. The predicted octanol–water partition coefficient (Wildman–Crippen LogP) is 2.79. The van der Waals surface area contributed by atoms with Gasteiger partial charge in [-0.15, -0.1) is 0 Å². The molecule has 124 valence electrons. The van der Waals surface area contributed by atoms with E-state index in [1.165, 1.54) is 0 Å². The highest BCUT2D eigenvalue weighted by Crippen LogP contribution is 2.30. The SMILES string of the molecule is CCc1n[nH]c(CNC(=O)N2CCCCCC2c2ccco2)n1. The highest BCUT2D eigenvalue weighted by Gasteiger charge is 2.28. The monoisotopic (exact) mass is 317 g/mol. The summed E-state index contributed by atoms with van der Waals surface area (Å²) in [5, 5.41) is 9.87. The second-order valence-corrected chi connectivity index (χ2v) is 5.78. The Morgan fingerprint density at radius 1 is 1.48 bits per heavy atom. The molecule has 23 heavy (non-hydrogen) atoms. The zero-order valence-electron chi connectivity index (χ0n) is 13.4. The van der Waals surface area contributed by atoms with Gasteiger partial charge < -0.3 is 14.6 Å². The van der Waals surface area contributed by atoms with E-state index in [1.807, 2.05) is 24.0 Å². The molecular formula is C16H23N5O2. The molecule has 2 aromatic heterocycles. The quantitative estimate of drug-likeness (QED) is 0.907. The first-order valence-corrected chi connectivity index (χ1v) is 8.26. The van der Waals surface area contributed by atoms with Gasteiger partial charge in [0.25, 0.3) is 0 Å². The van der Waals surface area contributed by atoms with Crippen LogP contribution in [0.3, 0.4) is 0 Å². The molecule has 2 aromatic rings. The topological polar surface area (TPSA) is 87.0 Å². The van der Waals surface area contributed by atoms with Gasteiger partial charge in [-0.3, -0.25) is 5.10 Å². The van der Waals surface area contributed by atoms with E-state index < -0.39 is 0 Å². The number of urea groups is 1. The summed E-state index contributed by atoms with van der Waals surface area (Å²) in [6.07, 6.45) is 6.64. The number of nitrogens with zero attached hydrogens (tertiary/aromatic N) is 3. The van der Waals surface area contributed by atoms with Gasteiger partial charge in [0.05, 0.1) is 18.8 Å². The predicted molar refractivity (Wildman–Crippen MR) is 84.6 cm³/mol. The molecule has 0 aliphatic carbocycles. The lowest BCUT2D eigenvalue weighted by Gasteiger charge is -2.28. The summed E-state index contributed by atoms with van der Waals surface area (Å²) in [5.74, 6) is 2.30. The third-order valence-electron chi connectivity index (χ3n) is 4.19. The molecule has 1 fully saturated rings. The van der Waals surface area contributed by atoms with Crippen molar-refractivity contribution in [2.75, 3.05) is 6.54 Å². The van der Waals surface area contributed by atoms with Crippen molar-refractivity contribution >= 4 is 6.03 Å². The van der Waals surface area contributed by atoms with Gasteiger partial charge in [0.2, 0.25) is 0 Å². The van der Waals surface area contributed by atoms with Crippen LogP contribution < -0.4 is 5.32 Å². The Balaban J connectivity index is 1.65. The van der Waals surface area contributed by atoms with Crippen molar-refractivity contribution in [2.24, 2.45) is 0 Å². The summed E-state index contributed by atoms with van der Waals surface area (Å²) in [5.41, 5.74) is 0. The van der Waals surface area contributed by atoms with Crippen molar-refractivity contribution in [2.45, 2.75) is 51.6 Å². The minimum atomic E-state index is -0.0808. The number of nitrogens with one attached hydrogen (secondary N) is 2. The molecule has 7 heteroatoms. The molecule has 1 unspecified atom stereocenters. The number of rotatable bonds is 4. The lowest BCUT2D eigenvalue weighted by molar-refractivity contribution is 0.165. The van der Waals surface area contributed by atoms with Crippen molar-refractivity contribution in [3.63, 3.8) is 0 Å². The van der Waals surface area contributed by atoms with Gasteiger partial charge >= 0.3 is 6.03 Å². The summed E-state index contributed by atoms with van der Waals surface area (Å²) >= 11 is 0. The van der Waals surface area contributed by atoms with E-state index in [4.69, 9.17) is 4.42 Å². The smallest absolute Gasteiger partial charge is 0.318 e. The average Bonchev–Trinajstić information content (AvgIpc) is 3.20. The van der Waals surface area contributed by atoms with Crippen LogP contribution in [0.4, 0.5) is 4.79 Å².